The predicted molar refractivity (Wildman–Crippen MR) is 153 cm³/mol. The number of rotatable bonds is 7. The quantitative estimate of drug-likeness (QED) is 0.292. The standard InChI is InChI=1S/C26H27F2N7O4S.ClH/c1-26(33-40(29,37)38)8-11-34(12-9-26)20-7-6-16(27)14-18(20)32-25(36)19-15-35-13-10-30-24(35)23(31-19)22-17(28)4-3-5-21(22)39-2;/h3-7,10,13-15,33H,8-9,11-12H2,1-2H3,(H,32,36)(H2,29,37,38);1H. The molecule has 2 aromatic heterocycles. The fourth-order valence-electron chi connectivity index (χ4n) is 4.87. The lowest BCUT2D eigenvalue weighted by Gasteiger charge is -2.40. The minimum atomic E-state index is -3.89. The number of aromatic nitrogens is 3. The predicted octanol–water partition coefficient (Wildman–Crippen LogP) is 3.51. The summed E-state index contributed by atoms with van der Waals surface area (Å²) in [6, 6.07) is 8.35. The normalized spacial score (nSPS) is 14.9. The van der Waals surface area contributed by atoms with Crippen molar-refractivity contribution in [2.45, 2.75) is 25.3 Å². The van der Waals surface area contributed by atoms with Gasteiger partial charge in [0.1, 0.15) is 28.8 Å². The molecule has 1 aliphatic heterocycles. The maximum Gasteiger partial charge on any atom is 0.275 e. The Kier molecular flexibility index (Phi) is 8.49. The molecule has 0 bridgehead atoms. The number of nitrogens with one attached hydrogen (secondary N) is 2. The van der Waals surface area contributed by atoms with E-state index in [2.05, 4.69) is 20.0 Å². The van der Waals surface area contributed by atoms with Gasteiger partial charge in [-0.2, -0.15) is 13.1 Å². The highest BCUT2D eigenvalue weighted by Gasteiger charge is 2.33. The number of amides is 1. The van der Waals surface area contributed by atoms with Crippen LogP contribution in [0.2, 0.25) is 0 Å². The van der Waals surface area contributed by atoms with Gasteiger partial charge in [-0.15, -0.1) is 12.4 Å². The molecule has 0 unspecified atom stereocenters. The summed E-state index contributed by atoms with van der Waals surface area (Å²) in [6.07, 6.45) is 5.40. The molecule has 0 atom stereocenters. The summed E-state index contributed by atoms with van der Waals surface area (Å²) < 4.78 is 61.7. The summed E-state index contributed by atoms with van der Waals surface area (Å²) in [5, 5.41) is 7.90. The van der Waals surface area contributed by atoms with Crippen molar-refractivity contribution >= 4 is 45.5 Å². The van der Waals surface area contributed by atoms with Crippen molar-refractivity contribution in [3.63, 3.8) is 0 Å². The van der Waals surface area contributed by atoms with Gasteiger partial charge in [0.2, 0.25) is 0 Å². The number of ether oxygens (including phenoxy) is 1. The molecular formula is C26H28ClF2N7O4S. The van der Waals surface area contributed by atoms with Gasteiger partial charge in [0.15, 0.2) is 5.65 Å². The zero-order valence-electron chi connectivity index (χ0n) is 22.1. The molecule has 41 heavy (non-hydrogen) atoms. The minimum Gasteiger partial charge on any atom is -0.496 e. The van der Waals surface area contributed by atoms with Gasteiger partial charge in [-0.05, 0) is 50.1 Å². The van der Waals surface area contributed by atoms with Crippen molar-refractivity contribution in [1.29, 1.82) is 0 Å². The molecule has 3 heterocycles. The molecular weight excluding hydrogens is 580 g/mol. The Hall–Kier alpha value is -3.85. The number of anilines is 2. The number of nitrogens with zero attached hydrogens (tertiary/aromatic N) is 4. The molecule has 0 spiro atoms. The van der Waals surface area contributed by atoms with E-state index in [1.165, 1.54) is 43.8 Å². The lowest BCUT2D eigenvalue weighted by molar-refractivity contribution is 0.102. The molecule has 2 aromatic carbocycles. The summed E-state index contributed by atoms with van der Waals surface area (Å²) in [5.41, 5.74) is 0.413. The molecule has 1 aliphatic rings. The van der Waals surface area contributed by atoms with Gasteiger partial charge >= 0.3 is 0 Å². The fraction of sp³-hybridized carbons (Fsp3) is 0.269. The summed E-state index contributed by atoms with van der Waals surface area (Å²) in [5.74, 6) is -1.60. The van der Waals surface area contributed by atoms with Gasteiger partial charge in [0, 0.05) is 37.2 Å². The number of fused-ring (bicyclic) bond motifs is 1. The number of hydrogen-bond donors (Lipinski definition) is 3. The molecule has 0 aliphatic carbocycles. The summed E-state index contributed by atoms with van der Waals surface area (Å²) in [6.45, 7) is 2.61. The Morgan fingerprint density at radius 3 is 2.59 bits per heavy atom. The van der Waals surface area contributed by atoms with Crippen LogP contribution < -0.4 is 24.8 Å². The first-order valence-electron chi connectivity index (χ1n) is 12.3. The van der Waals surface area contributed by atoms with E-state index in [9.17, 15) is 22.0 Å². The van der Waals surface area contributed by atoms with Crippen LogP contribution in [0, 0.1) is 11.6 Å². The summed E-state index contributed by atoms with van der Waals surface area (Å²) in [4.78, 5) is 24.0. The average molecular weight is 608 g/mol. The molecule has 1 saturated heterocycles. The monoisotopic (exact) mass is 607 g/mol. The fourth-order valence-corrected chi connectivity index (χ4v) is 5.76. The molecule has 5 rings (SSSR count). The molecule has 4 N–H and O–H groups in total. The Labute approximate surface area is 241 Å². The molecule has 1 fully saturated rings. The second-order valence-electron chi connectivity index (χ2n) is 9.76. The number of carbonyl (C=O) groups is 1. The van der Waals surface area contributed by atoms with Crippen LogP contribution in [0.4, 0.5) is 20.2 Å². The topological polar surface area (TPSA) is 144 Å². The number of imidazole rings is 1. The molecule has 15 heteroatoms. The number of carbonyl (C=O) groups excluding carboxylic acids is 1. The van der Waals surface area contributed by atoms with Crippen molar-refractivity contribution in [1.82, 2.24) is 19.1 Å². The van der Waals surface area contributed by atoms with Crippen LogP contribution in [0.5, 0.6) is 5.75 Å². The maximum absolute atomic E-state index is 14.9. The first kappa shape index (κ1) is 30.1. The molecule has 0 radical (unpaired) electrons. The Bertz CT molecular complexity index is 1710. The van der Waals surface area contributed by atoms with Gasteiger partial charge in [-0.25, -0.2) is 23.9 Å². The van der Waals surface area contributed by atoms with E-state index in [1.54, 1.807) is 29.7 Å². The van der Waals surface area contributed by atoms with E-state index in [1.807, 2.05) is 4.90 Å². The van der Waals surface area contributed by atoms with Crippen LogP contribution in [-0.4, -0.2) is 54.4 Å². The molecule has 0 saturated carbocycles. The van der Waals surface area contributed by atoms with E-state index in [0.717, 1.165) is 0 Å². The second kappa shape index (κ2) is 11.6. The van der Waals surface area contributed by atoms with Crippen LogP contribution in [0.1, 0.15) is 30.3 Å². The summed E-state index contributed by atoms with van der Waals surface area (Å²) >= 11 is 0. The highest BCUT2D eigenvalue weighted by atomic mass is 35.5. The lowest BCUT2D eigenvalue weighted by Crippen LogP contribution is -2.55. The van der Waals surface area contributed by atoms with E-state index < -0.39 is 33.3 Å². The zero-order chi connectivity index (χ0) is 28.7. The number of nitrogens with two attached hydrogens (primary N) is 1. The first-order valence-corrected chi connectivity index (χ1v) is 13.9. The van der Waals surface area contributed by atoms with E-state index in [-0.39, 0.29) is 40.8 Å². The summed E-state index contributed by atoms with van der Waals surface area (Å²) in [7, 11) is -2.49. The SMILES string of the molecule is COc1cccc(F)c1-c1nc(C(=O)Nc2cc(F)ccc2N2CCC(C)(NS(N)(=O)=O)CC2)cn2ccnc12.Cl. The number of piperidine rings is 1. The Balaban J connectivity index is 0.00000387. The van der Waals surface area contributed by atoms with Crippen LogP contribution in [0.15, 0.2) is 55.0 Å². The van der Waals surface area contributed by atoms with Crippen LogP contribution in [-0.2, 0) is 10.2 Å². The largest absolute Gasteiger partial charge is 0.496 e. The third kappa shape index (κ3) is 6.40. The van der Waals surface area contributed by atoms with Crippen molar-refractivity contribution in [3.8, 4) is 17.0 Å². The van der Waals surface area contributed by atoms with Gasteiger partial charge in [0.05, 0.1) is 24.0 Å². The third-order valence-electron chi connectivity index (χ3n) is 6.84. The average Bonchev–Trinajstić information content (AvgIpc) is 3.37. The van der Waals surface area contributed by atoms with Crippen molar-refractivity contribution in [2.24, 2.45) is 5.14 Å². The number of hydrogen-bond acceptors (Lipinski definition) is 7. The van der Waals surface area contributed by atoms with Gasteiger partial charge in [-0.1, -0.05) is 6.07 Å². The Morgan fingerprint density at radius 2 is 1.90 bits per heavy atom. The zero-order valence-corrected chi connectivity index (χ0v) is 23.7. The van der Waals surface area contributed by atoms with Crippen molar-refractivity contribution < 1.29 is 26.7 Å². The molecule has 1 amide bonds. The number of halogens is 3. The van der Waals surface area contributed by atoms with Crippen LogP contribution >= 0.6 is 12.4 Å². The Morgan fingerprint density at radius 1 is 1.17 bits per heavy atom. The smallest absolute Gasteiger partial charge is 0.275 e. The van der Waals surface area contributed by atoms with Gasteiger partial charge in [-0.3, -0.25) is 4.79 Å². The number of methoxy groups -OCH3 is 1. The molecule has 218 valence electrons. The van der Waals surface area contributed by atoms with E-state index in [4.69, 9.17) is 9.88 Å². The number of benzene rings is 2. The van der Waals surface area contributed by atoms with E-state index >= 15 is 0 Å². The van der Waals surface area contributed by atoms with Crippen LogP contribution in [0.3, 0.4) is 0 Å². The minimum absolute atomic E-state index is 0. The lowest BCUT2D eigenvalue weighted by atomic mass is 9.90. The first-order chi connectivity index (χ1) is 19.0. The molecule has 4 aromatic rings. The van der Waals surface area contributed by atoms with Gasteiger partial charge < -0.3 is 19.4 Å². The van der Waals surface area contributed by atoms with E-state index in [0.29, 0.717) is 37.3 Å². The maximum atomic E-state index is 14.9. The molecule has 11 nitrogen and oxygen atoms in total. The highest BCUT2D eigenvalue weighted by Crippen LogP contribution is 2.35. The van der Waals surface area contributed by atoms with Crippen LogP contribution in [0.25, 0.3) is 16.9 Å². The van der Waals surface area contributed by atoms with Crippen molar-refractivity contribution in [3.05, 3.63) is 72.3 Å². The van der Waals surface area contributed by atoms with Gasteiger partial charge in [0.25, 0.3) is 16.1 Å². The second-order valence-corrected chi connectivity index (χ2v) is 11.1. The van der Waals surface area contributed by atoms with Crippen molar-refractivity contribution in [2.75, 3.05) is 30.4 Å². The third-order valence-corrected chi connectivity index (χ3v) is 7.62. The highest BCUT2D eigenvalue weighted by molar-refractivity contribution is 7.87.